The Morgan fingerprint density at radius 1 is 1.27 bits per heavy atom. The van der Waals surface area contributed by atoms with Gasteiger partial charge in [0.1, 0.15) is 0 Å². The van der Waals surface area contributed by atoms with Crippen molar-refractivity contribution in [2.75, 3.05) is 0 Å². The highest BCUT2D eigenvalue weighted by Gasteiger charge is 2.04. The summed E-state index contributed by atoms with van der Waals surface area (Å²) in [5.41, 5.74) is 0.813. The SMILES string of the molecule is Clc1c2ccccc2nn1Cl. The predicted molar refractivity (Wildman–Crippen MR) is 46.0 cm³/mol. The van der Waals surface area contributed by atoms with Gasteiger partial charge < -0.3 is 0 Å². The zero-order chi connectivity index (χ0) is 7.84. The molecule has 0 amide bonds. The van der Waals surface area contributed by atoms with Crippen LogP contribution in [0.4, 0.5) is 0 Å². The summed E-state index contributed by atoms with van der Waals surface area (Å²) in [7, 11) is 0. The van der Waals surface area contributed by atoms with Crippen LogP contribution in [-0.4, -0.2) is 9.30 Å². The van der Waals surface area contributed by atoms with Crippen molar-refractivity contribution in [2.24, 2.45) is 0 Å². The number of nitrogens with zero attached hydrogens (tertiary/aromatic N) is 2. The molecule has 0 radical (unpaired) electrons. The van der Waals surface area contributed by atoms with E-state index in [1.54, 1.807) is 0 Å². The number of rotatable bonds is 0. The highest BCUT2D eigenvalue weighted by atomic mass is 35.5. The van der Waals surface area contributed by atoms with E-state index < -0.39 is 0 Å². The van der Waals surface area contributed by atoms with Crippen molar-refractivity contribution in [1.82, 2.24) is 9.30 Å². The average Bonchev–Trinajstić information content (AvgIpc) is 2.30. The Labute approximate surface area is 73.4 Å². The summed E-state index contributed by atoms with van der Waals surface area (Å²) in [6, 6.07) is 7.53. The Morgan fingerprint density at radius 2 is 2.00 bits per heavy atom. The number of hydrogen-bond acceptors (Lipinski definition) is 1. The van der Waals surface area contributed by atoms with E-state index in [-0.39, 0.29) is 0 Å². The van der Waals surface area contributed by atoms with Gasteiger partial charge in [0, 0.05) is 17.2 Å². The summed E-state index contributed by atoms with van der Waals surface area (Å²) in [4.78, 5) is 0. The fourth-order valence-corrected chi connectivity index (χ4v) is 1.34. The molecule has 0 bridgehead atoms. The van der Waals surface area contributed by atoms with Crippen LogP contribution in [0, 0.1) is 0 Å². The first-order valence-corrected chi connectivity index (χ1v) is 3.80. The van der Waals surface area contributed by atoms with Crippen LogP contribution >= 0.6 is 23.4 Å². The first-order valence-electron chi connectivity index (χ1n) is 3.08. The average molecular weight is 187 g/mol. The second-order valence-corrected chi connectivity index (χ2v) is 2.85. The minimum atomic E-state index is 0.460. The summed E-state index contributed by atoms with van der Waals surface area (Å²) in [6.07, 6.45) is 0. The zero-order valence-electron chi connectivity index (χ0n) is 5.46. The molecule has 0 saturated carbocycles. The Morgan fingerprint density at radius 3 is 2.73 bits per heavy atom. The van der Waals surface area contributed by atoms with Gasteiger partial charge in [0.2, 0.25) is 0 Å². The highest BCUT2D eigenvalue weighted by molar-refractivity contribution is 6.37. The number of halogens is 2. The normalized spacial score (nSPS) is 10.7. The molecule has 2 aromatic rings. The van der Waals surface area contributed by atoms with Gasteiger partial charge in [-0.15, -0.1) is 0 Å². The second-order valence-electron chi connectivity index (χ2n) is 2.17. The van der Waals surface area contributed by atoms with Gasteiger partial charge in [-0.2, -0.15) is 9.30 Å². The zero-order valence-corrected chi connectivity index (χ0v) is 6.97. The van der Waals surface area contributed by atoms with Crippen LogP contribution in [0.2, 0.25) is 5.15 Å². The standard InChI is InChI=1S/C7H4Cl2N2/c8-7-5-3-1-2-4-6(5)10-11(7)9/h1-4H. The van der Waals surface area contributed by atoms with E-state index >= 15 is 0 Å². The third-order valence-corrected chi connectivity index (χ3v) is 2.18. The largest absolute Gasteiger partial charge is 0.160 e. The molecule has 0 fully saturated rings. The number of fused-ring (bicyclic) bond motifs is 1. The van der Waals surface area contributed by atoms with Gasteiger partial charge in [0.15, 0.2) is 5.15 Å². The maximum absolute atomic E-state index is 5.81. The lowest BCUT2D eigenvalue weighted by atomic mass is 10.3. The van der Waals surface area contributed by atoms with E-state index in [0.29, 0.717) is 5.15 Å². The van der Waals surface area contributed by atoms with Gasteiger partial charge in [-0.3, -0.25) is 0 Å². The number of hydrogen-bond donors (Lipinski definition) is 0. The molecule has 0 aliphatic heterocycles. The topological polar surface area (TPSA) is 17.8 Å². The van der Waals surface area contributed by atoms with Crippen molar-refractivity contribution in [3.05, 3.63) is 29.4 Å². The molecule has 2 nitrogen and oxygen atoms in total. The van der Waals surface area contributed by atoms with Gasteiger partial charge in [0.05, 0.1) is 5.52 Å². The molecule has 1 heterocycles. The molecular weight excluding hydrogens is 183 g/mol. The smallest absolute Gasteiger partial charge is 0.153 e. The Kier molecular flexibility index (Phi) is 1.51. The lowest BCUT2D eigenvalue weighted by Crippen LogP contribution is -1.78. The van der Waals surface area contributed by atoms with Crippen LogP contribution in [0.5, 0.6) is 0 Å². The molecule has 0 spiro atoms. The molecule has 0 N–H and O–H groups in total. The number of benzene rings is 1. The maximum atomic E-state index is 5.81. The lowest BCUT2D eigenvalue weighted by Gasteiger charge is -1.84. The van der Waals surface area contributed by atoms with Gasteiger partial charge in [-0.1, -0.05) is 23.7 Å². The van der Waals surface area contributed by atoms with Crippen LogP contribution in [-0.2, 0) is 0 Å². The summed E-state index contributed by atoms with van der Waals surface area (Å²) in [5, 5.41) is 5.30. The van der Waals surface area contributed by atoms with Gasteiger partial charge in [0.25, 0.3) is 0 Å². The fourth-order valence-electron chi connectivity index (χ4n) is 0.973. The number of aromatic nitrogens is 2. The third kappa shape index (κ3) is 0.988. The minimum absolute atomic E-state index is 0.460. The highest BCUT2D eigenvalue weighted by Crippen LogP contribution is 2.22. The molecule has 11 heavy (non-hydrogen) atoms. The quantitative estimate of drug-likeness (QED) is 0.619. The molecule has 4 heteroatoms. The van der Waals surface area contributed by atoms with Gasteiger partial charge in [-0.25, -0.2) is 0 Å². The minimum Gasteiger partial charge on any atom is -0.160 e. The molecule has 1 aromatic carbocycles. The second kappa shape index (κ2) is 2.40. The molecule has 0 saturated heterocycles. The Bertz CT molecular complexity index is 394. The van der Waals surface area contributed by atoms with Crippen LogP contribution < -0.4 is 0 Å². The molecular formula is C7H4Cl2N2. The molecule has 0 aliphatic carbocycles. The van der Waals surface area contributed by atoms with Crippen LogP contribution in [0.1, 0.15) is 0 Å². The van der Waals surface area contributed by atoms with Gasteiger partial charge in [-0.05, 0) is 12.1 Å². The lowest BCUT2D eigenvalue weighted by molar-refractivity contribution is 1.02. The predicted octanol–water partition coefficient (Wildman–Crippen LogP) is 2.69. The first-order chi connectivity index (χ1) is 5.29. The summed E-state index contributed by atoms with van der Waals surface area (Å²) in [5.74, 6) is 0. The van der Waals surface area contributed by atoms with Crippen molar-refractivity contribution in [3.63, 3.8) is 0 Å². The van der Waals surface area contributed by atoms with Crippen molar-refractivity contribution in [1.29, 1.82) is 0 Å². The van der Waals surface area contributed by atoms with Crippen LogP contribution in [0.3, 0.4) is 0 Å². The molecule has 1 aromatic heterocycles. The van der Waals surface area contributed by atoms with E-state index in [2.05, 4.69) is 5.10 Å². The molecule has 0 atom stereocenters. The van der Waals surface area contributed by atoms with Crippen LogP contribution in [0.25, 0.3) is 10.9 Å². The molecule has 2 rings (SSSR count). The Hall–Kier alpha value is -0.730. The molecule has 0 unspecified atom stereocenters. The Balaban J connectivity index is 2.92. The van der Waals surface area contributed by atoms with Crippen molar-refractivity contribution in [3.8, 4) is 0 Å². The van der Waals surface area contributed by atoms with E-state index in [1.807, 2.05) is 24.3 Å². The third-order valence-electron chi connectivity index (χ3n) is 1.48. The van der Waals surface area contributed by atoms with Crippen molar-refractivity contribution in [2.45, 2.75) is 0 Å². The van der Waals surface area contributed by atoms with E-state index in [1.165, 1.54) is 0 Å². The van der Waals surface area contributed by atoms with Crippen molar-refractivity contribution < 1.29 is 0 Å². The first kappa shape index (κ1) is 6.95. The summed E-state index contributed by atoms with van der Waals surface area (Å²) >= 11 is 11.4. The summed E-state index contributed by atoms with van der Waals surface area (Å²) in [6.45, 7) is 0. The van der Waals surface area contributed by atoms with E-state index in [4.69, 9.17) is 23.4 Å². The monoisotopic (exact) mass is 186 g/mol. The van der Waals surface area contributed by atoms with E-state index in [0.717, 1.165) is 15.1 Å². The van der Waals surface area contributed by atoms with Gasteiger partial charge >= 0.3 is 0 Å². The molecule has 0 aliphatic rings. The van der Waals surface area contributed by atoms with E-state index in [9.17, 15) is 0 Å². The summed E-state index contributed by atoms with van der Waals surface area (Å²) < 4.78 is 1.15. The van der Waals surface area contributed by atoms with Crippen LogP contribution in [0.15, 0.2) is 24.3 Å². The maximum Gasteiger partial charge on any atom is 0.153 e. The van der Waals surface area contributed by atoms with Crippen molar-refractivity contribution >= 4 is 34.3 Å². The molecule has 56 valence electrons. The fraction of sp³-hybridized carbons (Fsp3) is 0.